The second-order valence-electron chi connectivity index (χ2n) is 5.87. The van der Waals surface area contributed by atoms with Gasteiger partial charge in [0, 0.05) is 11.8 Å². The first-order valence-electron chi connectivity index (χ1n) is 5.76. The Balaban J connectivity index is 2.93. The SMILES string of the molecule is CC(C)(C)[SiH2]OC(C)(C)c1cccnc1C#N. The van der Waals surface area contributed by atoms with Crippen LogP contribution in [0, 0.1) is 11.3 Å². The minimum atomic E-state index is -0.659. The molecule has 0 fully saturated rings. The van der Waals surface area contributed by atoms with E-state index in [2.05, 4.69) is 31.8 Å². The summed E-state index contributed by atoms with van der Waals surface area (Å²) in [5.41, 5.74) is 0.901. The maximum Gasteiger partial charge on any atom is 0.168 e. The molecule has 3 nitrogen and oxygen atoms in total. The number of hydrogen-bond donors (Lipinski definition) is 0. The molecule has 0 aliphatic carbocycles. The highest BCUT2D eigenvalue weighted by molar-refractivity contribution is 6.31. The van der Waals surface area contributed by atoms with Crippen molar-refractivity contribution in [3.8, 4) is 6.07 Å². The van der Waals surface area contributed by atoms with Crippen molar-refractivity contribution in [2.24, 2.45) is 0 Å². The third kappa shape index (κ3) is 3.95. The Morgan fingerprint density at radius 2 is 1.94 bits per heavy atom. The third-order valence-corrected chi connectivity index (χ3v) is 4.16. The maximum absolute atomic E-state index is 9.05. The van der Waals surface area contributed by atoms with Gasteiger partial charge in [0.15, 0.2) is 9.76 Å². The average Bonchev–Trinajstić information content (AvgIpc) is 2.26. The molecule has 0 N–H and O–H groups in total. The molecule has 0 saturated heterocycles. The normalized spacial score (nSPS) is 12.9. The first-order valence-corrected chi connectivity index (χ1v) is 7.04. The van der Waals surface area contributed by atoms with Crippen LogP contribution in [0.25, 0.3) is 0 Å². The van der Waals surface area contributed by atoms with E-state index in [1.165, 1.54) is 0 Å². The Bertz CT molecular complexity index is 430. The van der Waals surface area contributed by atoms with Crippen molar-refractivity contribution in [2.45, 2.75) is 45.3 Å². The van der Waals surface area contributed by atoms with Gasteiger partial charge in [-0.05, 0) is 25.0 Å². The summed E-state index contributed by atoms with van der Waals surface area (Å²) >= 11 is 0. The van der Waals surface area contributed by atoms with Crippen molar-refractivity contribution >= 4 is 9.76 Å². The zero-order valence-corrected chi connectivity index (χ0v) is 12.7. The zero-order valence-electron chi connectivity index (χ0n) is 11.2. The number of nitrogens with zero attached hydrogens (tertiary/aromatic N) is 2. The Morgan fingerprint density at radius 1 is 1.29 bits per heavy atom. The van der Waals surface area contributed by atoms with Crippen LogP contribution in [0.2, 0.25) is 5.04 Å². The van der Waals surface area contributed by atoms with E-state index in [0.29, 0.717) is 5.69 Å². The van der Waals surface area contributed by atoms with Crippen molar-refractivity contribution in [1.29, 1.82) is 5.26 Å². The van der Waals surface area contributed by atoms with Crippen LogP contribution in [-0.4, -0.2) is 14.7 Å². The van der Waals surface area contributed by atoms with Crippen LogP contribution in [0.5, 0.6) is 0 Å². The smallest absolute Gasteiger partial charge is 0.168 e. The van der Waals surface area contributed by atoms with Gasteiger partial charge in [0.2, 0.25) is 0 Å². The molecule has 4 heteroatoms. The summed E-state index contributed by atoms with van der Waals surface area (Å²) in [4.78, 5) is 4.08. The molecule has 0 bridgehead atoms. The lowest BCUT2D eigenvalue weighted by atomic mass is 9.97. The molecule has 0 amide bonds. The minimum absolute atomic E-state index is 0.242. The number of nitriles is 1. The van der Waals surface area contributed by atoms with Crippen LogP contribution in [0.3, 0.4) is 0 Å². The van der Waals surface area contributed by atoms with Crippen LogP contribution in [0.4, 0.5) is 0 Å². The molecule has 1 aromatic heterocycles. The lowest BCUT2D eigenvalue weighted by molar-refractivity contribution is 0.109. The van der Waals surface area contributed by atoms with Crippen LogP contribution in [0.1, 0.15) is 45.9 Å². The molecule has 0 aromatic carbocycles. The highest BCUT2D eigenvalue weighted by Gasteiger charge is 2.27. The van der Waals surface area contributed by atoms with E-state index in [-0.39, 0.29) is 5.04 Å². The summed E-state index contributed by atoms with van der Waals surface area (Å²) in [6, 6.07) is 5.89. The number of pyridine rings is 1. The summed E-state index contributed by atoms with van der Waals surface area (Å²) < 4.78 is 6.07. The van der Waals surface area contributed by atoms with Crippen LogP contribution < -0.4 is 0 Å². The number of aromatic nitrogens is 1. The van der Waals surface area contributed by atoms with Crippen LogP contribution in [0.15, 0.2) is 18.3 Å². The van der Waals surface area contributed by atoms with E-state index in [0.717, 1.165) is 5.56 Å². The summed E-state index contributed by atoms with van der Waals surface area (Å²) in [6.45, 7) is 10.6. The molecule has 92 valence electrons. The lowest BCUT2D eigenvalue weighted by Crippen LogP contribution is -2.28. The van der Waals surface area contributed by atoms with Crippen molar-refractivity contribution < 1.29 is 4.43 Å². The van der Waals surface area contributed by atoms with Gasteiger partial charge in [-0.15, -0.1) is 0 Å². The lowest BCUT2D eigenvalue weighted by Gasteiger charge is -2.30. The molecule has 1 aromatic rings. The molecule has 17 heavy (non-hydrogen) atoms. The van der Waals surface area contributed by atoms with E-state index in [1.54, 1.807) is 6.20 Å². The Kier molecular flexibility index (Phi) is 4.07. The van der Waals surface area contributed by atoms with Crippen molar-refractivity contribution in [3.63, 3.8) is 0 Å². The Hall–Kier alpha value is -1.18. The van der Waals surface area contributed by atoms with E-state index in [1.807, 2.05) is 26.0 Å². The van der Waals surface area contributed by atoms with Crippen molar-refractivity contribution in [2.75, 3.05) is 0 Å². The van der Waals surface area contributed by atoms with E-state index >= 15 is 0 Å². The van der Waals surface area contributed by atoms with Gasteiger partial charge in [0.1, 0.15) is 11.8 Å². The van der Waals surface area contributed by atoms with Gasteiger partial charge in [-0.1, -0.05) is 26.8 Å². The maximum atomic E-state index is 9.05. The highest BCUT2D eigenvalue weighted by atomic mass is 28.2. The molecule has 1 heterocycles. The summed E-state index contributed by atoms with van der Waals surface area (Å²) in [6.07, 6.45) is 1.64. The predicted octanol–water partition coefficient (Wildman–Crippen LogP) is 2.51. The summed E-state index contributed by atoms with van der Waals surface area (Å²) in [7, 11) is -0.659. The molecule has 0 atom stereocenters. The fraction of sp³-hybridized carbons (Fsp3) is 0.538. The number of hydrogen-bond acceptors (Lipinski definition) is 3. The largest absolute Gasteiger partial charge is 0.414 e. The predicted molar refractivity (Wildman–Crippen MR) is 71.3 cm³/mol. The van der Waals surface area contributed by atoms with Gasteiger partial charge in [-0.3, -0.25) is 0 Å². The van der Waals surface area contributed by atoms with Crippen LogP contribution >= 0.6 is 0 Å². The highest BCUT2D eigenvalue weighted by Crippen LogP contribution is 2.30. The van der Waals surface area contributed by atoms with E-state index < -0.39 is 15.4 Å². The number of rotatable bonds is 3. The monoisotopic (exact) mass is 248 g/mol. The first-order chi connectivity index (χ1) is 7.76. The first kappa shape index (κ1) is 13.9. The fourth-order valence-electron chi connectivity index (χ4n) is 1.45. The standard InChI is InChI=1S/C13H20N2OSi/c1-12(2,3)17-16-13(4,5)10-7-6-8-15-11(10)9-14/h6-8H,17H2,1-5H3. The molecule has 1 rings (SSSR count). The van der Waals surface area contributed by atoms with Crippen molar-refractivity contribution in [1.82, 2.24) is 4.98 Å². The molecule has 0 unspecified atom stereocenters. The molecule has 0 radical (unpaired) electrons. The van der Waals surface area contributed by atoms with Gasteiger partial charge in [0.25, 0.3) is 0 Å². The van der Waals surface area contributed by atoms with Gasteiger partial charge in [0.05, 0.1) is 5.60 Å². The molecule has 0 aliphatic heterocycles. The molecular weight excluding hydrogens is 228 g/mol. The van der Waals surface area contributed by atoms with Gasteiger partial charge < -0.3 is 4.43 Å². The minimum Gasteiger partial charge on any atom is -0.414 e. The molecule has 0 aliphatic rings. The van der Waals surface area contributed by atoms with Gasteiger partial charge >= 0.3 is 0 Å². The second-order valence-corrected chi connectivity index (χ2v) is 8.57. The third-order valence-electron chi connectivity index (χ3n) is 2.43. The Morgan fingerprint density at radius 3 is 2.47 bits per heavy atom. The van der Waals surface area contributed by atoms with Crippen molar-refractivity contribution in [3.05, 3.63) is 29.6 Å². The summed E-state index contributed by atoms with van der Waals surface area (Å²) in [5.74, 6) is 0. The van der Waals surface area contributed by atoms with E-state index in [4.69, 9.17) is 9.69 Å². The zero-order chi connectivity index (χ0) is 13.1. The van der Waals surface area contributed by atoms with E-state index in [9.17, 15) is 0 Å². The van der Waals surface area contributed by atoms with Gasteiger partial charge in [-0.25, -0.2) is 4.98 Å². The topological polar surface area (TPSA) is 45.9 Å². The fourth-order valence-corrected chi connectivity index (χ4v) is 2.40. The van der Waals surface area contributed by atoms with Gasteiger partial charge in [-0.2, -0.15) is 5.26 Å². The molecular formula is C13H20N2OSi. The molecule has 0 spiro atoms. The Labute approximate surface area is 106 Å². The van der Waals surface area contributed by atoms with Crippen LogP contribution in [-0.2, 0) is 10.0 Å². The second kappa shape index (κ2) is 4.99. The molecule has 0 saturated carbocycles. The average molecular weight is 248 g/mol. The quantitative estimate of drug-likeness (QED) is 0.772. The summed E-state index contributed by atoms with van der Waals surface area (Å²) in [5, 5.41) is 9.30.